The van der Waals surface area contributed by atoms with Crippen LogP contribution in [0, 0.1) is 0 Å². The molecule has 3 aromatic rings. The van der Waals surface area contributed by atoms with Crippen molar-refractivity contribution >= 4 is 22.7 Å². The highest BCUT2D eigenvalue weighted by Gasteiger charge is 2.26. The molecule has 156 valence electrons. The number of nitrogens with zero attached hydrogens (tertiary/aromatic N) is 4. The summed E-state index contributed by atoms with van der Waals surface area (Å²) in [7, 11) is 4.09. The second kappa shape index (κ2) is 8.01. The summed E-state index contributed by atoms with van der Waals surface area (Å²) in [5.41, 5.74) is 2.17. The highest BCUT2D eigenvalue weighted by Crippen LogP contribution is 2.35. The highest BCUT2D eigenvalue weighted by atomic mass is 16.7. The van der Waals surface area contributed by atoms with E-state index in [0.29, 0.717) is 12.8 Å². The number of para-hydroxylation sites is 1. The Morgan fingerprint density at radius 3 is 2.57 bits per heavy atom. The van der Waals surface area contributed by atoms with Gasteiger partial charge in [0, 0.05) is 32.1 Å². The predicted molar refractivity (Wildman–Crippen MR) is 119 cm³/mol. The van der Waals surface area contributed by atoms with Gasteiger partial charge in [-0.3, -0.25) is 0 Å². The monoisotopic (exact) mass is 404 g/mol. The second-order valence-corrected chi connectivity index (χ2v) is 8.37. The maximum atomic E-state index is 5.60. The van der Waals surface area contributed by atoms with Crippen LogP contribution in [0.1, 0.15) is 37.7 Å². The minimum Gasteiger partial charge on any atom is -0.454 e. The zero-order valence-corrected chi connectivity index (χ0v) is 17.7. The number of fused-ring (bicyclic) bond motifs is 2. The number of hydrogen-bond donors (Lipinski definition) is 0. The summed E-state index contributed by atoms with van der Waals surface area (Å²) >= 11 is 0. The summed E-state index contributed by atoms with van der Waals surface area (Å²) < 4.78 is 11.1. The summed E-state index contributed by atoms with van der Waals surface area (Å²) in [5.74, 6) is 3.41. The number of anilines is 2. The van der Waals surface area contributed by atoms with Crippen LogP contribution in [-0.2, 0) is 6.54 Å². The molecule has 30 heavy (non-hydrogen) atoms. The van der Waals surface area contributed by atoms with Gasteiger partial charge < -0.3 is 19.3 Å². The van der Waals surface area contributed by atoms with Crippen LogP contribution >= 0.6 is 0 Å². The fourth-order valence-electron chi connectivity index (χ4n) is 4.51. The van der Waals surface area contributed by atoms with Crippen LogP contribution < -0.4 is 19.3 Å². The minimum absolute atomic E-state index is 0.297. The summed E-state index contributed by atoms with van der Waals surface area (Å²) in [5, 5.41) is 1.08. The lowest BCUT2D eigenvalue weighted by Crippen LogP contribution is -2.37. The average molecular weight is 405 g/mol. The van der Waals surface area contributed by atoms with Gasteiger partial charge in [0.25, 0.3) is 0 Å². The van der Waals surface area contributed by atoms with Gasteiger partial charge in [0.05, 0.1) is 5.52 Å². The van der Waals surface area contributed by atoms with E-state index in [0.717, 1.165) is 40.7 Å². The van der Waals surface area contributed by atoms with Crippen molar-refractivity contribution in [3.63, 3.8) is 0 Å². The summed E-state index contributed by atoms with van der Waals surface area (Å²) in [4.78, 5) is 14.5. The molecule has 6 nitrogen and oxygen atoms in total. The largest absolute Gasteiger partial charge is 0.454 e. The molecule has 1 fully saturated rings. The first-order chi connectivity index (χ1) is 14.7. The molecular formula is C24H28N4O2. The standard InChI is InChI=1S/C24H28N4O2/c1-27(2)23-19-10-6-7-11-20(19)25-24(26-23)28(18-8-4-3-5-9-18)15-17-12-13-21-22(14-17)30-16-29-21/h6-7,10-14,18H,3-5,8-9,15-16H2,1-2H3. The smallest absolute Gasteiger partial charge is 0.231 e. The predicted octanol–water partition coefficient (Wildman–Crippen LogP) is 4.76. The summed E-state index contributed by atoms with van der Waals surface area (Å²) in [6.07, 6.45) is 6.19. The molecule has 0 saturated heterocycles. The molecule has 2 heterocycles. The normalized spacial score (nSPS) is 16.1. The quantitative estimate of drug-likeness (QED) is 0.611. The third-order valence-electron chi connectivity index (χ3n) is 6.06. The van der Waals surface area contributed by atoms with Crippen LogP contribution in [0.15, 0.2) is 42.5 Å². The van der Waals surface area contributed by atoms with E-state index in [4.69, 9.17) is 19.4 Å². The van der Waals surface area contributed by atoms with E-state index in [1.807, 2.05) is 32.3 Å². The van der Waals surface area contributed by atoms with Gasteiger partial charge in [-0.15, -0.1) is 0 Å². The molecule has 0 bridgehead atoms. The van der Waals surface area contributed by atoms with Crippen molar-refractivity contribution in [2.75, 3.05) is 30.7 Å². The van der Waals surface area contributed by atoms with E-state index in [2.05, 4.69) is 34.1 Å². The molecule has 0 spiro atoms. The van der Waals surface area contributed by atoms with Crippen LogP contribution in [0.3, 0.4) is 0 Å². The molecule has 0 atom stereocenters. The zero-order valence-electron chi connectivity index (χ0n) is 17.7. The Bertz CT molecular complexity index is 1050. The fraction of sp³-hybridized carbons (Fsp3) is 0.417. The van der Waals surface area contributed by atoms with Gasteiger partial charge in [0.15, 0.2) is 11.5 Å². The molecule has 0 N–H and O–H groups in total. The topological polar surface area (TPSA) is 50.7 Å². The highest BCUT2D eigenvalue weighted by molar-refractivity contribution is 5.90. The fourth-order valence-corrected chi connectivity index (χ4v) is 4.51. The first-order valence-electron chi connectivity index (χ1n) is 10.8. The number of rotatable bonds is 5. The third kappa shape index (κ3) is 3.62. The van der Waals surface area contributed by atoms with Crippen molar-refractivity contribution in [1.82, 2.24) is 9.97 Å². The first kappa shape index (κ1) is 19.0. The van der Waals surface area contributed by atoms with Crippen molar-refractivity contribution in [3.05, 3.63) is 48.0 Å². The average Bonchev–Trinajstić information content (AvgIpc) is 3.25. The molecule has 2 aromatic carbocycles. The molecule has 2 aliphatic rings. The van der Waals surface area contributed by atoms with E-state index in [-0.39, 0.29) is 0 Å². The van der Waals surface area contributed by atoms with Crippen LogP contribution in [0.2, 0.25) is 0 Å². The first-order valence-corrected chi connectivity index (χ1v) is 10.8. The Hall–Kier alpha value is -3.02. The van der Waals surface area contributed by atoms with Crippen molar-refractivity contribution in [1.29, 1.82) is 0 Å². The molecule has 0 unspecified atom stereocenters. The van der Waals surface area contributed by atoms with Crippen LogP contribution in [0.5, 0.6) is 11.5 Å². The van der Waals surface area contributed by atoms with Crippen molar-refractivity contribution in [2.45, 2.75) is 44.7 Å². The molecule has 1 aromatic heterocycles. The second-order valence-electron chi connectivity index (χ2n) is 8.37. The van der Waals surface area contributed by atoms with Gasteiger partial charge in [-0.2, -0.15) is 4.98 Å². The molecule has 1 saturated carbocycles. The third-order valence-corrected chi connectivity index (χ3v) is 6.06. The van der Waals surface area contributed by atoms with Crippen LogP contribution in [0.4, 0.5) is 11.8 Å². The van der Waals surface area contributed by atoms with Crippen molar-refractivity contribution < 1.29 is 9.47 Å². The lowest BCUT2D eigenvalue weighted by atomic mass is 9.94. The van der Waals surface area contributed by atoms with Crippen LogP contribution in [0.25, 0.3) is 10.9 Å². The van der Waals surface area contributed by atoms with E-state index >= 15 is 0 Å². The van der Waals surface area contributed by atoms with E-state index < -0.39 is 0 Å². The maximum Gasteiger partial charge on any atom is 0.231 e. The summed E-state index contributed by atoms with van der Waals surface area (Å²) in [6.45, 7) is 1.05. The Kier molecular flexibility index (Phi) is 5.07. The molecular weight excluding hydrogens is 376 g/mol. The lowest BCUT2D eigenvalue weighted by molar-refractivity contribution is 0.174. The van der Waals surface area contributed by atoms with E-state index in [9.17, 15) is 0 Å². The molecule has 5 rings (SSSR count). The van der Waals surface area contributed by atoms with Gasteiger partial charge in [-0.25, -0.2) is 4.98 Å². The SMILES string of the molecule is CN(C)c1nc(N(Cc2ccc3c(c2)OCO3)C2CCCCC2)nc2ccccc12. The number of benzene rings is 2. The van der Waals surface area contributed by atoms with E-state index in [1.54, 1.807) is 0 Å². The Morgan fingerprint density at radius 1 is 0.933 bits per heavy atom. The van der Waals surface area contributed by atoms with Crippen LogP contribution in [-0.4, -0.2) is 36.9 Å². The molecule has 1 aliphatic heterocycles. The molecule has 0 radical (unpaired) electrons. The molecule has 0 amide bonds. The summed E-state index contributed by atoms with van der Waals surface area (Å²) in [6, 6.07) is 14.9. The van der Waals surface area contributed by atoms with Crippen molar-refractivity contribution in [3.8, 4) is 11.5 Å². The minimum atomic E-state index is 0.297. The van der Waals surface area contributed by atoms with E-state index in [1.165, 1.54) is 37.7 Å². The van der Waals surface area contributed by atoms with Gasteiger partial charge in [-0.05, 0) is 42.7 Å². The number of hydrogen-bond acceptors (Lipinski definition) is 6. The lowest BCUT2D eigenvalue weighted by Gasteiger charge is -2.35. The van der Waals surface area contributed by atoms with Gasteiger partial charge in [0.2, 0.25) is 12.7 Å². The van der Waals surface area contributed by atoms with Gasteiger partial charge in [0.1, 0.15) is 5.82 Å². The maximum absolute atomic E-state index is 5.60. The van der Waals surface area contributed by atoms with Crippen molar-refractivity contribution in [2.24, 2.45) is 0 Å². The van der Waals surface area contributed by atoms with Gasteiger partial charge in [-0.1, -0.05) is 37.5 Å². The Labute approximate surface area is 177 Å². The number of aromatic nitrogens is 2. The Balaban J connectivity index is 1.56. The molecule has 6 heteroatoms. The Morgan fingerprint density at radius 2 is 1.73 bits per heavy atom. The molecule has 1 aliphatic carbocycles. The number of ether oxygens (including phenoxy) is 2. The van der Waals surface area contributed by atoms with Gasteiger partial charge >= 0.3 is 0 Å². The zero-order chi connectivity index (χ0) is 20.5.